The number of carboxylic acid groups (broad SMARTS) is 1. The molecule has 130 valence electrons. The van der Waals surface area contributed by atoms with Gasteiger partial charge in [0, 0.05) is 12.5 Å². The summed E-state index contributed by atoms with van der Waals surface area (Å²) >= 11 is 0. The molecular formula is C18H18N2O5. The van der Waals surface area contributed by atoms with Crippen LogP contribution < -0.4 is 10.6 Å². The third kappa shape index (κ3) is 6.34. The van der Waals surface area contributed by atoms with E-state index < -0.39 is 30.4 Å². The van der Waals surface area contributed by atoms with Gasteiger partial charge in [0.05, 0.1) is 6.26 Å². The standard InChI is InChI=1S/C18H18N2O5/c21-16(9-8-14-7-4-10-25-14)20-15(18(24)19-12-17(22)23)11-13-5-2-1-3-6-13/h1-10,15H,11-12H2,(H,19,24)(H,20,21)(H,22,23). The number of carboxylic acids is 1. The number of hydrogen-bond acceptors (Lipinski definition) is 4. The highest BCUT2D eigenvalue weighted by Crippen LogP contribution is 2.05. The minimum Gasteiger partial charge on any atom is -0.480 e. The van der Waals surface area contributed by atoms with Gasteiger partial charge in [-0.3, -0.25) is 14.4 Å². The van der Waals surface area contributed by atoms with Crippen LogP contribution in [0.1, 0.15) is 11.3 Å². The number of rotatable bonds is 8. The second kappa shape index (κ2) is 9.07. The van der Waals surface area contributed by atoms with E-state index in [0.717, 1.165) is 5.56 Å². The second-order valence-electron chi connectivity index (χ2n) is 5.21. The molecule has 7 heteroatoms. The highest BCUT2D eigenvalue weighted by molar-refractivity contribution is 5.95. The Morgan fingerprint density at radius 3 is 2.52 bits per heavy atom. The molecule has 0 aliphatic heterocycles. The zero-order chi connectivity index (χ0) is 18.1. The van der Waals surface area contributed by atoms with Gasteiger partial charge in [0.1, 0.15) is 18.3 Å². The Kier molecular flexibility index (Phi) is 6.53. The van der Waals surface area contributed by atoms with Crippen molar-refractivity contribution >= 4 is 23.9 Å². The average molecular weight is 342 g/mol. The minimum atomic E-state index is -1.16. The zero-order valence-corrected chi connectivity index (χ0v) is 13.3. The van der Waals surface area contributed by atoms with Crippen LogP contribution in [0.25, 0.3) is 6.08 Å². The van der Waals surface area contributed by atoms with E-state index in [1.165, 1.54) is 18.4 Å². The molecule has 1 aromatic carbocycles. The highest BCUT2D eigenvalue weighted by Gasteiger charge is 2.20. The monoisotopic (exact) mass is 342 g/mol. The van der Waals surface area contributed by atoms with Crippen LogP contribution in [0.4, 0.5) is 0 Å². The maximum atomic E-state index is 12.2. The van der Waals surface area contributed by atoms with Crippen LogP contribution in [0.5, 0.6) is 0 Å². The molecule has 0 saturated heterocycles. The Labute approximate surface area is 144 Å². The molecule has 0 aliphatic carbocycles. The third-order valence-corrected chi connectivity index (χ3v) is 3.27. The van der Waals surface area contributed by atoms with E-state index in [0.29, 0.717) is 5.76 Å². The van der Waals surface area contributed by atoms with Crippen LogP contribution in [-0.2, 0) is 20.8 Å². The maximum absolute atomic E-state index is 12.2. The Morgan fingerprint density at radius 1 is 1.12 bits per heavy atom. The van der Waals surface area contributed by atoms with Crippen molar-refractivity contribution in [2.45, 2.75) is 12.5 Å². The van der Waals surface area contributed by atoms with E-state index in [-0.39, 0.29) is 6.42 Å². The van der Waals surface area contributed by atoms with Gasteiger partial charge in [0.2, 0.25) is 11.8 Å². The summed E-state index contributed by atoms with van der Waals surface area (Å²) in [5.74, 6) is -1.70. The van der Waals surface area contributed by atoms with E-state index >= 15 is 0 Å². The molecule has 3 N–H and O–H groups in total. The summed E-state index contributed by atoms with van der Waals surface area (Å²) in [5.41, 5.74) is 0.841. The summed E-state index contributed by atoms with van der Waals surface area (Å²) < 4.78 is 5.09. The molecule has 0 fully saturated rings. The van der Waals surface area contributed by atoms with Gasteiger partial charge in [0.15, 0.2) is 0 Å². The molecule has 25 heavy (non-hydrogen) atoms. The van der Waals surface area contributed by atoms with Crippen molar-refractivity contribution in [3.05, 3.63) is 66.1 Å². The predicted molar refractivity (Wildman–Crippen MR) is 90.5 cm³/mol. The fourth-order valence-electron chi connectivity index (χ4n) is 2.11. The van der Waals surface area contributed by atoms with Gasteiger partial charge in [-0.05, 0) is 23.8 Å². The van der Waals surface area contributed by atoms with E-state index in [2.05, 4.69) is 10.6 Å². The second-order valence-corrected chi connectivity index (χ2v) is 5.21. The van der Waals surface area contributed by atoms with Gasteiger partial charge in [0.25, 0.3) is 0 Å². The van der Waals surface area contributed by atoms with Crippen LogP contribution in [0.3, 0.4) is 0 Å². The van der Waals surface area contributed by atoms with Crippen molar-refractivity contribution in [2.24, 2.45) is 0 Å². The van der Waals surface area contributed by atoms with Crippen molar-refractivity contribution in [3.8, 4) is 0 Å². The summed E-state index contributed by atoms with van der Waals surface area (Å²) in [6.07, 6.45) is 4.45. The molecule has 0 bridgehead atoms. The lowest BCUT2D eigenvalue weighted by molar-refractivity contribution is -0.138. The number of furan rings is 1. The molecule has 2 aromatic rings. The van der Waals surface area contributed by atoms with E-state index in [1.54, 1.807) is 12.1 Å². The van der Waals surface area contributed by atoms with Gasteiger partial charge >= 0.3 is 5.97 Å². The maximum Gasteiger partial charge on any atom is 0.322 e. The van der Waals surface area contributed by atoms with Crippen LogP contribution in [-0.4, -0.2) is 35.5 Å². The quantitative estimate of drug-likeness (QED) is 0.625. The number of benzene rings is 1. The molecule has 2 rings (SSSR count). The number of amides is 2. The van der Waals surface area contributed by atoms with Gasteiger partial charge in [-0.1, -0.05) is 30.3 Å². The molecule has 1 aromatic heterocycles. The lowest BCUT2D eigenvalue weighted by atomic mass is 10.1. The normalized spacial score (nSPS) is 11.8. The minimum absolute atomic E-state index is 0.243. The first-order chi connectivity index (χ1) is 12.0. The number of nitrogens with one attached hydrogen (secondary N) is 2. The molecule has 1 unspecified atom stereocenters. The first-order valence-corrected chi connectivity index (χ1v) is 7.60. The summed E-state index contributed by atoms with van der Waals surface area (Å²) in [6, 6.07) is 11.6. The van der Waals surface area contributed by atoms with Crippen molar-refractivity contribution in [1.82, 2.24) is 10.6 Å². The summed E-state index contributed by atoms with van der Waals surface area (Å²) in [5, 5.41) is 13.5. The molecule has 1 atom stereocenters. The molecular weight excluding hydrogens is 324 g/mol. The number of aliphatic carboxylic acids is 1. The molecule has 0 aliphatic rings. The fraction of sp³-hybridized carbons (Fsp3) is 0.167. The lowest BCUT2D eigenvalue weighted by Crippen LogP contribution is -2.48. The Morgan fingerprint density at radius 2 is 1.88 bits per heavy atom. The SMILES string of the molecule is O=C(O)CNC(=O)C(Cc1ccccc1)NC(=O)C=Cc1ccco1. The first-order valence-electron chi connectivity index (χ1n) is 7.60. The van der Waals surface area contributed by atoms with E-state index in [4.69, 9.17) is 9.52 Å². The van der Waals surface area contributed by atoms with Gasteiger partial charge < -0.3 is 20.2 Å². The topological polar surface area (TPSA) is 109 Å². The summed E-state index contributed by atoms with van der Waals surface area (Å²) in [6.45, 7) is -0.512. The van der Waals surface area contributed by atoms with Crippen molar-refractivity contribution in [3.63, 3.8) is 0 Å². The Balaban J connectivity index is 2.03. The predicted octanol–water partition coefficient (Wildman–Crippen LogP) is 1.22. The highest BCUT2D eigenvalue weighted by atomic mass is 16.4. The summed E-state index contributed by atoms with van der Waals surface area (Å²) in [4.78, 5) is 34.9. The molecule has 0 radical (unpaired) electrons. The number of hydrogen-bond donors (Lipinski definition) is 3. The van der Waals surface area contributed by atoms with Gasteiger partial charge in [-0.25, -0.2) is 0 Å². The van der Waals surface area contributed by atoms with Crippen LogP contribution in [0, 0.1) is 0 Å². The lowest BCUT2D eigenvalue weighted by Gasteiger charge is -2.17. The molecule has 1 heterocycles. The molecule has 0 saturated carbocycles. The molecule has 7 nitrogen and oxygen atoms in total. The molecule has 0 spiro atoms. The van der Waals surface area contributed by atoms with Crippen molar-refractivity contribution in [1.29, 1.82) is 0 Å². The van der Waals surface area contributed by atoms with E-state index in [9.17, 15) is 14.4 Å². The molecule has 2 amide bonds. The van der Waals surface area contributed by atoms with Crippen molar-refractivity contribution < 1.29 is 23.9 Å². The van der Waals surface area contributed by atoms with Crippen LogP contribution >= 0.6 is 0 Å². The largest absolute Gasteiger partial charge is 0.480 e. The average Bonchev–Trinajstić information content (AvgIpc) is 3.11. The Bertz CT molecular complexity index is 738. The zero-order valence-electron chi connectivity index (χ0n) is 13.3. The van der Waals surface area contributed by atoms with E-state index in [1.807, 2.05) is 30.3 Å². The Hall–Kier alpha value is -3.35. The summed E-state index contributed by atoms with van der Waals surface area (Å²) in [7, 11) is 0. The van der Waals surface area contributed by atoms with Crippen molar-refractivity contribution in [2.75, 3.05) is 6.54 Å². The smallest absolute Gasteiger partial charge is 0.322 e. The third-order valence-electron chi connectivity index (χ3n) is 3.27. The fourth-order valence-corrected chi connectivity index (χ4v) is 2.11. The van der Waals surface area contributed by atoms with Gasteiger partial charge in [-0.2, -0.15) is 0 Å². The van der Waals surface area contributed by atoms with Gasteiger partial charge in [-0.15, -0.1) is 0 Å². The number of carbonyl (C=O) groups is 3. The first kappa shape index (κ1) is 18.0. The van der Waals surface area contributed by atoms with Crippen LogP contribution in [0.2, 0.25) is 0 Å². The number of carbonyl (C=O) groups excluding carboxylic acids is 2. The van der Waals surface area contributed by atoms with Crippen LogP contribution in [0.15, 0.2) is 59.2 Å².